The topological polar surface area (TPSA) is 100 Å². The Morgan fingerprint density at radius 1 is 1.00 bits per heavy atom. The van der Waals surface area contributed by atoms with Crippen molar-refractivity contribution in [2.75, 3.05) is 33.3 Å². The molecule has 0 saturated carbocycles. The highest BCUT2D eigenvalue weighted by atomic mass is 32.1. The van der Waals surface area contributed by atoms with Crippen LogP contribution >= 0.6 is 11.3 Å². The lowest BCUT2D eigenvalue weighted by Crippen LogP contribution is -2.20. The molecule has 202 valence electrons. The van der Waals surface area contributed by atoms with Gasteiger partial charge in [0.1, 0.15) is 5.75 Å². The van der Waals surface area contributed by atoms with Crippen molar-refractivity contribution in [2.24, 2.45) is 5.16 Å². The molecule has 0 fully saturated rings. The van der Waals surface area contributed by atoms with E-state index in [1.54, 1.807) is 21.3 Å². The van der Waals surface area contributed by atoms with Crippen molar-refractivity contribution < 1.29 is 28.6 Å². The fourth-order valence-electron chi connectivity index (χ4n) is 4.34. The number of aromatic nitrogens is 1. The zero-order valence-electron chi connectivity index (χ0n) is 22.4. The van der Waals surface area contributed by atoms with Crippen LogP contribution in [-0.2, 0) is 9.63 Å². The number of nitrogens with zero attached hydrogens (tertiary/aromatic N) is 2. The second kappa shape index (κ2) is 11.2. The van der Waals surface area contributed by atoms with Gasteiger partial charge in [0, 0.05) is 12.0 Å². The molecular formula is C29H29N3O6S. The molecule has 2 heterocycles. The lowest BCUT2D eigenvalue weighted by Gasteiger charge is -2.14. The molecule has 3 aromatic carbocycles. The van der Waals surface area contributed by atoms with Crippen LogP contribution in [0, 0.1) is 13.8 Å². The first-order chi connectivity index (χ1) is 18.9. The highest BCUT2D eigenvalue weighted by molar-refractivity contribution is 7.22. The Bertz CT molecular complexity index is 1540. The van der Waals surface area contributed by atoms with E-state index in [0.29, 0.717) is 34.6 Å². The highest BCUT2D eigenvalue weighted by Crippen LogP contribution is 2.40. The summed E-state index contributed by atoms with van der Waals surface area (Å²) in [7, 11) is 4.71. The monoisotopic (exact) mass is 547 g/mol. The van der Waals surface area contributed by atoms with Crippen LogP contribution in [0.15, 0.2) is 53.7 Å². The smallest absolute Gasteiger partial charge is 0.264 e. The number of benzene rings is 3. The summed E-state index contributed by atoms with van der Waals surface area (Å²) in [5.74, 6) is 1.93. The van der Waals surface area contributed by atoms with E-state index in [9.17, 15) is 4.79 Å². The molecule has 0 saturated heterocycles. The average molecular weight is 548 g/mol. The molecule has 1 N–H and O–H groups in total. The number of rotatable bonds is 9. The number of thiazole rings is 1. The maximum absolute atomic E-state index is 12.6. The molecule has 1 unspecified atom stereocenters. The molecule has 0 aliphatic carbocycles. The van der Waals surface area contributed by atoms with E-state index in [4.69, 9.17) is 23.8 Å². The number of fused-ring (bicyclic) bond motifs is 1. The van der Waals surface area contributed by atoms with E-state index in [0.717, 1.165) is 38.2 Å². The van der Waals surface area contributed by atoms with Gasteiger partial charge in [-0.25, -0.2) is 4.98 Å². The Morgan fingerprint density at radius 2 is 1.77 bits per heavy atom. The first-order valence-electron chi connectivity index (χ1n) is 12.3. The molecule has 0 bridgehead atoms. The van der Waals surface area contributed by atoms with E-state index < -0.39 is 0 Å². The lowest BCUT2D eigenvalue weighted by molar-refractivity contribution is -0.118. The van der Waals surface area contributed by atoms with Gasteiger partial charge in [0.25, 0.3) is 5.91 Å². The largest absolute Gasteiger partial charge is 0.493 e. The van der Waals surface area contributed by atoms with E-state index >= 15 is 0 Å². The van der Waals surface area contributed by atoms with Gasteiger partial charge >= 0.3 is 0 Å². The van der Waals surface area contributed by atoms with Crippen LogP contribution in [0.25, 0.3) is 10.2 Å². The number of anilines is 1. The minimum Gasteiger partial charge on any atom is -0.493 e. The SMILES string of the molecule is COc1cc(C2=NOC(c3ccc(C)c(OCC(=O)Nc4nc5cc(C)ccc5s4)c3)C2)cc(OC)c1OC. The number of hydrogen-bond donors (Lipinski definition) is 1. The van der Waals surface area contributed by atoms with Crippen LogP contribution in [0.2, 0.25) is 0 Å². The fourth-order valence-corrected chi connectivity index (χ4v) is 5.20. The summed E-state index contributed by atoms with van der Waals surface area (Å²) >= 11 is 1.43. The average Bonchev–Trinajstić information content (AvgIpc) is 3.58. The predicted octanol–water partition coefficient (Wildman–Crippen LogP) is 5.82. The molecule has 4 aromatic rings. The van der Waals surface area contributed by atoms with E-state index in [2.05, 4.69) is 15.5 Å². The zero-order valence-corrected chi connectivity index (χ0v) is 23.2. The Labute approximate surface area is 230 Å². The van der Waals surface area contributed by atoms with Crippen LogP contribution in [0.3, 0.4) is 0 Å². The minimum absolute atomic E-state index is 0.141. The number of oxime groups is 1. The summed E-state index contributed by atoms with van der Waals surface area (Å²) in [6.07, 6.45) is 0.237. The molecule has 5 rings (SSSR count). The Hall–Kier alpha value is -4.31. The summed E-state index contributed by atoms with van der Waals surface area (Å²) in [6.45, 7) is 3.80. The van der Waals surface area contributed by atoms with Gasteiger partial charge < -0.3 is 23.8 Å². The van der Waals surface area contributed by atoms with Gasteiger partial charge in [0.05, 0.1) is 37.3 Å². The molecule has 1 amide bonds. The van der Waals surface area contributed by atoms with Gasteiger partial charge in [-0.05, 0) is 60.9 Å². The van der Waals surface area contributed by atoms with Crippen molar-refractivity contribution >= 4 is 38.3 Å². The Morgan fingerprint density at radius 3 is 2.49 bits per heavy atom. The molecule has 1 aliphatic heterocycles. The van der Waals surface area contributed by atoms with E-state index in [1.807, 2.05) is 62.4 Å². The van der Waals surface area contributed by atoms with Crippen LogP contribution in [-0.4, -0.2) is 44.5 Å². The number of aryl methyl sites for hydroxylation is 2. The summed E-state index contributed by atoms with van der Waals surface area (Å²) < 4.78 is 23.3. The molecule has 1 aliphatic rings. The molecule has 39 heavy (non-hydrogen) atoms. The number of carbonyl (C=O) groups excluding carboxylic acids is 1. The van der Waals surface area contributed by atoms with Crippen molar-refractivity contribution in [3.8, 4) is 23.0 Å². The van der Waals surface area contributed by atoms with Crippen LogP contribution in [0.4, 0.5) is 5.13 Å². The third kappa shape index (κ3) is 5.61. The summed E-state index contributed by atoms with van der Waals surface area (Å²) in [5, 5.41) is 7.70. The van der Waals surface area contributed by atoms with Crippen molar-refractivity contribution in [2.45, 2.75) is 26.4 Å². The van der Waals surface area contributed by atoms with Gasteiger partial charge in [0.15, 0.2) is 29.3 Å². The molecule has 0 spiro atoms. The third-order valence-corrected chi connectivity index (χ3v) is 7.35. The van der Waals surface area contributed by atoms with Crippen LogP contribution in [0.5, 0.6) is 23.0 Å². The van der Waals surface area contributed by atoms with Crippen molar-refractivity contribution in [3.05, 3.63) is 70.8 Å². The van der Waals surface area contributed by atoms with Crippen LogP contribution < -0.4 is 24.3 Å². The van der Waals surface area contributed by atoms with Crippen molar-refractivity contribution in [3.63, 3.8) is 0 Å². The summed E-state index contributed by atoms with van der Waals surface area (Å²) in [4.78, 5) is 22.9. The van der Waals surface area contributed by atoms with Crippen molar-refractivity contribution in [1.82, 2.24) is 4.98 Å². The summed E-state index contributed by atoms with van der Waals surface area (Å²) in [6, 6.07) is 15.5. The van der Waals surface area contributed by atoms with E-state index in [-0.39, 0.29) is 18.6 Å². The maximum atomic E-state index is 12.6. The van der Waals surface area contributed by atoms with Gasteiger partial charge in [0.2, 0.25) is 5.75 Å². The minimum atomic E-state index is -0.304. The van der Waals surface area contributed by atoms with Gasteiger partial charge in [-0.2, -0.15) is 0 Å². The number of methoxy groups -OCH3 is 3. The number of ether oxygens (including phenoxy) is 4. The second-order valence-corrected chi connectivity index (χ2v) is 10.1. The molecule has 9 nitrogen and oxygen atoms in total. The highest BCUT2D eigenvalue weighted by Gasteiger charge is 2.27. The number of carbonyl (C=O) groups is 1. The zero-order chi connectivity index (χ0) is 27.5. The van der Waals surface area contributed by atoms with Gasteiger partial charge in [-0.3, -0.25) is 10.1 Å². The lowest BCUT2D eigenvalue weighted by atomic mass is 9.98. The number of nitrogens with one attached hydrogen (secondary N) is 1. The number of amides is 1. The fraction of sp³-hybridized carbons (Fsp3) is 0.276. The van der Waals surface area contributed by atoms with Crippen molar-refractivity contribution in [1.29, 1.82) is 0 Å². The maximum Gasteiger partial charge on any atom is 0.264 e. The standard InChI is InChI=1S/C29H29N3O6S/c1-16-6-9-26-21(10-16)30-29(39-26)31-27(33)15-37-22-11-18(8-7-17(22)2)23-14-20(32-38-23)19-12-24(34-3)28(36-5)25(13-19)35-4/h6-13,23H,14-15H2,1-5H3,(H,30,31,33). The van der Waals surface area contributed by atoms with E-state index in [1.165, 1.54) is 11.3 Å². The third-order valence-electron chi connectivity index (χ3n) is 6.40. The predicted molar refractivity (Wildman–Crippen MR) is 151 cm³/mol. The molecule has 1 aromatic heterocycles. The van der Waals surface area contributed by atoms with Gasteiger partial charge in [-0.15, -0.1) is 0 Å². The normalized spacial score (nSPS) is 14.5. The quantitative estimate of drug-likeness (QED) is 0.282. The van der Waals surface area contributed by atoms with Crippen LogP contribution in [0.1, 0.15) is 34.8 Å². The molecule has 1 atom stereocenters. The van der Waals surface area contributed by atoms with Gasteiger partial charge in [-0.1, -0.05) is 34.7 Å². The first-order valence-corrected chi connectivity index (χ1v) is 13.1. The molecule has 10 heteroatoms. The molecular weight excluding hydrogens is 518 g/mol. The summed E-state index contributed by atoms with van der Waals surface area (Å²) in [5.41, 5.74) is 5.36. The Balaban J connectivity index is 1.24. The first kappa shape index (κ1) is 26.3. The Kier molecular flexibility index (Phi) is 7.56. The molecule has 0 radical (unpaired) electrons. The second-order valence-electron chi connectivity index (χ2n) is 9.10. The number of hydrogen-bond acceptors (Lipinski definition) is 9.